The van der Waals surface area contributed by atoms with Gasteiger partial charge in [0.25, 0.3) is 0 Å². The van der Waals surface area contributed by atoms with E-state index in [1.807, 2.05) is 0 Å². The van der Waals surface area contributed by atoms with Gasteiger partial charge in [0.05, 0.1) is 14.9 Å². The summed E-state index contributed by atoms with van der Waals surface area (Å²) >= 11 is 11.5. The molecule has 0 radical (unpaired) electrons. The van der Waals surface area contributed by atoms with Crippen LogP contribution in [-0.2, 0) is 16.6 Å². The molecule has 3 rings (SSSR count). The molecule has 1 atom stereocenters. The van der Waals surface area contributed by atoms with E-state index in [1.54, 1.807) is 4.72 Å². The first-order chi connectivity index (χ1) is 14.9. The normalized spacial score (nSPS) is 13.2. The van der Waals surface area contributed by atoms with E-state index < -0.39 is 38.8 Å². The molecule has 0 saturated heterocycles. The van der Waals surface area contributed by atoms with E-state index in [0.29, 0.717) is 0 Å². The van der Waals surface area contributed by atoms with E-state index in [4.69, 9.17) is 27.9 Å². The minimum atomic E-state index is -5.07. The second-order valence-electron chi connectivity index (χ2n) is 6.31. The molecule has 0 bridgehead atoms. The van der Waals surface area contributed by atoms with Gasteiger partial charge in [-0.05, 0) is 49.4 Å². The van der Waals surface area contributed by atoms with E-state index >= 15 is 0 Å². The number of halogens is 6. The van der Waals surface area contributed by atoms with E-state index in [0.717, 1.165) is 34.9 Å². The van der Waals surface area contributed by atoms with Gasteiger partial charge in [-0.2, -0.15) is 17.9 Å². The van der Waals surface area contributed by atoms with Gasteiger partial charge < -0.3 is 4.74 Å². The Bertz CT molecular complexity index is 1220. The van der Waals surface area contributed by atoms with Crippen molar-refractivity contribution in [1.29, 1.82) is 0 Å². The van der Waals surface area contributed by atoms with Crippen LogP contribution in [0.2, 0.25) is 10.0 Å². The maximum absolute atomic E-state index is 13.9. The lowest BCUT2D eigenvalue weighted by atomic mass is 10.3. The van der Waals surface area contributed by atoms with Crippen molar-refractivity contribution in [3.05, 3.63) is 64.2 Å². The first-order valence-electron chi connectivity index (χ1n) is 8.83. The summed E-state index contributed by atoms with van der Waals surface area (Å²) in [6, 6.07) is 4.67. The summed E-state index contributed by atoms with van der Waals surface area (Å²) < 4.78 is 87.8. The van der Waals surface area contributed by atoms with Crippen LogP contribution >= 0.6 is 23.2 Å². The zero-order valence-corrected chi connectivity index (χ0v) is 18.4. The topological polar surface area (TPSA) is 86.1 Å². The van der Waals surface area contributed by atoms with Crippen LogP contribution in [-0.4, -0.2) is 29.4 Å². The average Bonchev–Trinajstić information content (AvgIpc) is 3.11. The molecule has 0 fully saturated rings. The molecule has 7 nitrogen and oxygen atoms in total. The Morgan fingerprint density at radius 3 is 2.31 bits per heavy atom. The van der Waals surface area contributed by atoms with Crippen LogP contribution in [0.4, 0.5) is 17.6 Å². The number of nitrogens with zero attached hydrogens (tertiary/aromatic N) is 3. The Balaban J connectivity index is 1.98. The van der Waals surface area contributed by atoms with Gasteiger partial charge in [-0.1, -0.05) is 28.3 Å². The molecule has 0 spiro atoms. The molecule has 0 aliphatic rings. The zero-order valence-electron chi connectivity index (χ0n) is 16.1. The summed E-state index contributed by atoms with van der Waals surface area (Å²) in [5.41, 5.74) is 0. The monoisotopic (exact) mass is 512 g/mol. The van der Waals surface area contributed by atoms with Crippen LogP contribution in [0.1, 0.15) is 18.8 Å². The fourth-order valence-electron chi connectivity index (χ4n) is 2.63. The largest absolute Gasteiger partial charge is 0.424 e. The minimum absolute atomic E-state index is 0.0336. The Hall–Kier alpha value is -2.41. The lowest BCUT2D eigenvalue weighted by molar-refractivity contribution is -0.155. The molecule has 3 aromatic rings. The maximum atomic E-state index is 13.9. The Morgan fingerprint density at radius 2 is 1.75 bits per heavy atom. The highest BCUT2D eigenvalue weighted by atomic mass is 35.5. The number of aromatic nitrogens is 3. The predicted molar refractivity (Wildman–Crippen MR) is 108 cm³/mol. The van der Waals surface area contributed by atoms with Gasteiger partial charge in [0, 0.05) is 6.54 Å². The second kappa shape index (κ2) is 9.22. The molecule has 32 heavy (non-hydrogen) atoms. The number of hydrogen-bond donors (Lipinski definition) is 1. The number of sulfonamides is 1. The highest BCUT2D eigenvalue weighted by molar-refractivity contribution is 7.89. The van der Waals surface area contributed by atoms with Crippen molar-refractivity contribution in [2.45, 2.75) is 30.6 Å². The SMILES string of the molecule is CCn1c(Oc2ccc(F)cc2)nnc1C(NS(=O)(=O)c1ccc(Cl)c(Cl)c1)C(F)(F)F. The van der Waals surface area contributed by atoms with Crippen molar-refractivity contribution >= 4 is 33.2 Å². The smallest absolute Gasteiger partial charge is 0.412 e. The van der Waals surface area contributed by atoms with Crippen LogP contribution in [0.3, 0.4) is 0 Å². The van der Waals surface area contributed by atoms with Crippen LogP contribution in [0.15, 0.2) is 47.4 Å². The van der Waals surface area contributed by atoms with Gasteiger partial charge in [-0.3, -0.25) is 4.57 Å². The second-order valence-corrected chi connectivity index (χ2v) is 8.84. The van der Waals surface area contributed by atoms with E-state index in [-0.39, 0.29) is 28.3 Å². The van der Waals surface area contributed by atoms with Gasteiger partial charge in [0.2, 0.25) is 10.0 Å². The van der Waals surface area contributed by atoms with Gasteiger partial charge in [-0.15, -0.1) is 5.10 Å². The summed E-state index contributed by atoms with van der Waals surface area (Å²) in [6.07, 6.45) is -5.07. The first kappa shape index (κ1) is 24.2. The molecule has 0 aliphatic carbocycles. The fraction of sp³-hybridized carbons (Fsp3) is 0.222. The van der Waals surface area contributed by atoms with Crippen molar-refractivity contribution in [3.63, 3.8) is 0 Å². The summed E-state index contributed by atoms with van der Waals surface area (Å²) in [6.45, 7) is 1.41. The lowest BCUT2D eigenvalue weighted by Crippen LogP contribution is -2.39. The number of alkyl halides is 3. The third-order valence-corrected chi connectivity index (χ3v) is 6.30. The zero-order chi connectivity index (χ0) is 23.7. The molecule has 1 heterocycles. The number of nitrogens with one attached hydrogen (secondary N) is 1. The number of rotatable bonds is 7. The van der Waals surface area contributed by atoms with Crippen molar-refractivity contribution < 1.29 is 30.7 Å². The standard InChI is InChI=1S/C18H14Cl2F4N4O3S/c1-2-28-16(25-26-17(28)31-11-5-3-10(21)4-6-11)15(18(22,23)24)27-32(29,30)12-7-8-13(19)14(20)9-12/h3-9,15,27H,2H2,1H3. The molecule has 0 aliphatic heterocycles. The molecule has 2 aromatic carbocycles. The van der Waals surface area contributed by atoms with Gasteiger partial charge in [0.15, 0.2) is 11.9 Å². The van der Waals surface area contributed by atoms with Crippen molar-refractivity contribution in [2.24, 2.45) is 0 Å². The van der Waals surface area contributed by atoms with Crippen molar-refractivity contribution in [1.82, 2.24) is 19.5 Å². The summed E-state index contributed by atoms with van der Waals surface area (Å²) in [5, 5.41) is 6.97. The van der Waals surface area contributed by atoms with Crippen LogP contribution in [0.5, 0.6) is 11.8 Å². The molecule has 0 saturated carbocycles. The summed E-state index contributed by atoms with van der Waals surface area (Å²) in [7, 11) is -4.69. The molecule has 172 valence electrons. The lowest BCUT2D eigenvalue weighted by Gasteiger charge is -2.21. The molecule has 1 aromatic heterocycles. The maximum Gasteiger partial charge on any atom is 0.412 e. The van der Waals surface area contributed by atoms with Crippen LogP contribution in [0.25, 0.3) is 0 Å². The van der Waals surface area contributed by atoms with E-state index in [1.165, 1.54) is 19.1 Å². The summed E-state index contributed by atoms with van der Waals surface area (Å²) in [4.78, 5) is -0.522. The highest BCUT2D eigenvalue weighted by Gasteiger charge is 2.47. The fourth-order valence-corrected chi connectivity index (χ4v) is 4.20. The van der Waals surface area contributed by atoms with Crippen molar-refractivity contribution in [2.75, 3.05) is 0 Å². The van der Waals surface area contributed by atoms with Crippen LogP contribution in [0, 0.1) is 5.82 Å². The van der Waals surface area contributed by atoms with Gasteiger partial charge in [-0.25, -0.2) is 12.8 Å². The van der Waals surface area contributed by atoms with Gasteiger partial charge in [0.1, 0.15) is 11.6 Å². The molecule has 0 amide bonds. The third kappa shape index (κ3) is 5.31. The van der Waals surface area contributed by atoms with Gasteiger partial charge >= 0.3 is 12.2 Å². The molecule has 1 N–H and O–H groups in total. The number of benzene rings is 2. The average molecular weight is 513 g/mol. The number of ether oxygens (including phenoxy) is 1. The Morgan fingerprint density at radius 1 is 1.09 bits per heavy atom. The highest BCUT2D eigenvalue weighted by Crippen LogP contribution is 2.35. The Kier molecular flexibility index (Phi) is 6.98. The van der Waals surface area contributed by atoms with Crippen LogP contribution < -0.4 is 9.46 Å². The quantitative estimate of drug-likeness (QED) is 0.444. The van der Waals surface area contributed by atoms with E-state index in [2.05, 4.69) is 10.2 Å². The Labute approximate surface area is 190 Å². The minimum Gasteiger partial charge on any atom is -0.424 e. The molecular weight excluding hydrogens is 499 g/mol. The molecular formula is C18H14Cl2F4N4O3S. The first-order valence-corrected chi connectivity index (χ1v) is 11.1. The van der Waals surface area contributed by atoms with Crippen molar-refractivity contribution in [3.8, 4) is 11.8 Å². The number of hydrogen-bond acceptors (Lipinski definition) is 5. The summed E-state index contributed by atoms with van der Waals surface area (Å²) in [5.74, 6) is -1.19. The predicted octanol–water partition coefficient (Wildman–Crippen LogP) is 5.12. The molecule has 1 unspecified atom stereocenters. The third-order valence-electron chi connectivity index (χ3n) is 4.14. The molecule has 14 heteroatoms. The van der Waals surface area contributed by atoms with E-state index in [9.17, 15) is 26.0 Å².